The van der Waals surface area contributed by atoms with Gasteiger partial charge in [0.1, 0.15) is 0 Å². The van der Waals surface area contributed by atoms with Crippen LogP contribution in [0.4, 0.5) is 0 Å². The molecule has 100 valence electrons. The van der Waals surface area contributed by atoms with E-state index < -0.39 is 0 Å². The van der Waals surface area contributed by atoms with Crippen molar-refractivity contribution in [3.8, 4) is 11.5 Å². The van der Waals surface area contributed by atoms with Gasteiger partial charge in [0.05, 0.1) is 14.2 Å². The van der Waals surface area contributed by atoms with Gasteiger partial charge in [-0.05, 0) is 49.8 Å². The van der Waals surface area contributed by atoms with Gasteiger partial charge in [-0.25, -0.2) is 0 Å². The number of methoxy groups -OCH3 is 2. The van der Waals surface area contributed by atoms with Gasteiger partial charge in [0.15, 0.2) is 11.5 Å². The summed E-state index contributed by atoms with van der Waals surface area (Å²) < 4.78 is 10.7. The molecule has 4 heteroatoms. The van der Waals surface area contributed by atoms with E-state index in [2.05, 4.69) is 23.7 Å². The molecule has 1 atom stereocenters. The first-order valence-corrected chi connectivity index (χ1v) is 7.53. The quantitative estimate of drug-likeness (QED) is 0.831. The van der Waals surface area contributed by atoms with Gasteiger partial charge in [-0.15, -0.1) is 11.8 Å². The largest absolute Gasteiger partial charge is 0.493 e. The van der Waals surface area contributed by atoms with Gasteiger partial charge < -0.3 is 14.8 Å². The molecule has 0 radical (unpaired) electrons. The SMILES string of the molecule is COc1cc(CC2CCCN2)c(SC)cc1OC. The first-order valence-electron chi connectivity index (χ1n) is 6.30. The average Bonchev–Trinajstić information content (AvgIpc) is 2.91. The smallest absolute Gasteiger partial charge is 0.161 e. The molecule has 1 heterocycles. The second-order valence-corrected chi connectivity index (χ2v) is 5.36. The summed E-state index contributed by atoms with van der Waals surface area (Å²) in [6, 6.07) is 4.80. The third-order valence-electron chi connectivity index (χ3n) is 3.42. The van der Waals surface area contributed by atoms with E-state index in [4.69, 9.17) is 9.47 Å². The molecular formula is C14H21NO2S. The molecule has 0 amide bonds. The number of rotatable bonds is 5. The molecule has 3 nitrogen and oxygen atoms in total. The highest BCUT2D eigenvalue weighted by atomic mass is 32.2. The fourth-order valence-corrected chi connectivity index (χ4v) is 3.08. The number of thioether (sulfide) groups is 1. The Morgan fingerprint density at radius 1 is 1.28 bits per heavy atom. The Morgan fingerprint density at radius 3 is 2.56 bits per heavy atom. The van der Waals surface area contributed by atoms with Crippen LogP contribution in [0.5, 0.6) is 11.5 Å². The van der Waals surface area contributed by atoms with E-state index in [0.29, 0.717) is 6.04 Å². The van der Waals surface area contributed by atoms with Crippen molar-refractivity contribution in [3.63, 3.8) is 0 Å². The number of hydrogen-bond acceptors (Lipinski definition) is 4. The van der Waals surface area contributed by atoms with E-state index in [1.165, 1.54) is 23.3 Å². The van der Waals surface area contributed by atoms with Crippen molar-refractivity contribution in [2.75, 3.05) is 27.0 Å². The lowest BCUT2D eigenvalue weighted by atomic mass is 10.0. The van der Waals surface area contributed by atoms with Crippen molar-refractivity contribution in [1.82, 2.24) is 5.32 Å². The second-order valence-electron chi connectivity index (χ2n) is 4.52. The topological polar surface area (TPSA) is 30.5 Å². The van der Waals surface area contributed by atoms with Gasteiger partial charge in [-0.2, -0.15) is 0 Å². The van der Waals surface area contributed by atoms with Gasteiger partial charge in [0.25, 0.3) is 0 Å². The predicted molar refractivity (Wildman–Crippen MR) is 76.1 cm³/mol. The monoisotopic (exact) mass is 267 g/mol. The lowest BCUT2D eigenvalue weighted by molar-refractivity contribution is 0.353. The third kappa shape index (κ3) is 2.93. The first kappa shape index (κ1) is 13.6. The molecule has 1 saturated heterocycles. The van der Waals surface area contributed by atoms with Crippen LogP contribution in [-0.2, 0) is 6.42 Å². The fourth-order valence-electron chi connectivity index (χ4n) is 2.45. The van der Waals surface area contributed by atoms with Crippen LogP contribution >= 0.6 is 11.8 Å². The highest BCUT2D eigenvalue weighted by Crippen LogP contribution is 2.35. The third-order valence-corrected chi connectivity index (χ3v) is 4.24. The van der Waals surface area contributed by atoms with Crippen LogP contribution in [-0.4, -0.2) is 33.1 Å². The zero-order chi connectivity index (χ0) is 13.0. The van der Waals surface area contributed by atoms with E-state index in [-0.39, 0.29) is 0 Å². The van der Waals surface area contributed by atoms with Crippen LogP contribution < -0.4 is 14.8 Å². The Hall–Kier alpha value is -0.870. The minimum atomic E-state index is 0.606. The molecule has 1 aliphatic heterocycles. The molecular weight excluding hydrogens is 246 g/mol. The van der Waals surface area contributed by atoms with Crippen LogP contribution in [0.25, 0.3) is 0 Å². The van der Waals surface area contributed by atoms with E-state index in [1.807, 2.05) is 0 Å². The van der Waals surface area contributed by atoms with Crippen molar-refractivity contribution < 1.29 is 9.47 Å². The highest BCUT2D eigenvalue weighted by molar-refractivity contribution is 7.98. The normalized spacial score (nSPS) is 18.9. The van der Waals surface area contributed by atoms with Crippen LogP contribution in [0.2, 0.25) is 0 Å². The summed E-state index contributed by atoms with van der Waals surface area (Å²) in [6.07, 6.45) is 5.72. The summed E-state index contributed by atoms with van der Waals surface area (Å²) >= 11 is 1.76. The number of nitrogens with one attached hydrogen (secondary N) is 1. The highest BCUT2D eigenvalue weighted by Gasteiger charge is 2.18. The summed E-state index contributed by atoms with van der Waals surface area (Å²) in [5.41, 5.74) is 1.35. The van der Waals surface area contributed by atoms with Gasteiger partial charge in [0, 0.05) is 10.9 Å². The molecule has 1 fully saturated rings. The molecule has 0 aliphatic carbocycles. The van der Waals surface area contributed by atoms with Gasteiger partial charge in [-0.3, -0.25) is 0 Å². The van der Waals surface area contributed by atoms with Crippen molar-refractivity contribution in [1.29, 1.82) is 0 Å². The van der Waals surface area contributed by atoms with Crippen LogP contribution in [0.15, 0.2) is 17.0 Å². The minimum absolute atomic E-state index is 0.606. The summed E-state index contributed by atoms with van der Waals surface area (Å²) in [7, 11) is 3.37. The van der Waals surface area contributed by atoms with Crippen molar-refractivity contribution in [3.05, 3.63) is 17.7 Å². The molecule has 0 spiro atoms. The summed E-state index contributed by atoms with van der Waals surface area (Å²) in [5.74, 6) is 1.63. The summed E-state index contributed by atoms with van der Waals surface area (Å²) in [5, 5.41) is 3.54. The molecule has 2 rings (SSSR count). The fraction of sp³-hybridized carbons (Fsp3) is 0.571. The number of benzene rings is 1. The zero-order valence-corrected chi connectivity index (χ0v) is 12.1. The van der Waals surface area contributed by atoms with Crippen molar-refractivity contribution in [2.24, 2.45) is 0 Å². The molecule has 18 heavy (non-hydrogen) atoms. The van der Waals surface area contributed by atoms with Gasteiger partial charge >= 0.3 is 0 Å². The van der Waals surface area contributed by atoms with Crippen LogP contribution in [0.3, 0.4) is 0 Å². The maximum Gasteiger partial charge on any atom is 0.161 e. The minimum Gasteiger partial charge on any atom is -0.493 e. The van der Waals surface area contributed by atoms with Crippen LogP contribution in [0.1, 0.15) is 18.4 Å². The molecule has 1 aromatic carbocycles. The Bertz CT molecular complexity index is 403. The molecule has 0 aromatic heterocycles. The van der Waals surface area contributed by atoms with Crippen molar-refractivity contribution in [2.45, 2.75) is 30.2 Å². The lowest BCUT2D eigenvalue weighted by Gasteiger charge is -2.16. The van der Waals surface area contributed by atoms with E-state index >= 15 is 0 Å². The molecule has 1 N–H and O–H groups in total. The predicted octanol–water partition coefficient (Wildman–Crippen LogP) is 2.72. The maximum atomic E-state index is 5.39. The lowest BCUT2D eigenvalue weighted by Crippen LogP contribution is -2.23. The Labute approximate surface area is 113 Å². The number of hydrogen-bond donors (Lipinski definition) is 1. The summed E-state index contributed by atoms with van der Waals surface area (Å²) in [6.45, 7) is 1.15. The number of ether oxygens (including phenoxy) is 2. The van der Waals surface area contributed by atoms with Gasteiger partial charge in [-0.1, -0.05) is 0 Å². The van der Waals surface area contributed by atoms with Crippen LogP contribution in [0, 0.1) is 0 Å². The Balaban J connectivity index is 2.26. The van der Waals surface area contributed by atoms with E-state index in [9.17, 15) is 0 Å². The molecule has 0 bridgehead atoms. The molecule has 1 unspecified atom stereocenters. The van der Waals surface area contributed by atoms with Crippen molar-refractivity contribution >= 4 is 11.8 Å². The second kappa shape index (κ2) is 6.34. The maximum absolute atomic E-state index is 5.39. The Morgan fingerprint density at radius 2 is 2.00 bits per heavy atom. The van der Waals surface area contributed by atoms with E-state index in [1.54, 1.807) is 26.0 Å². The summed E-state index contributed by atoms with van der Waals surface area (Å²) in [4.78, 5) is 1.28. The first-order chi connectivity index (χ1) is 8.78. The molecule has 1 aliphatic rings. The Kier molecular flexibility index (Phi) is 4.78. The van der Waals surface area contributed by atoms with Gasteiger partial charge in [0.2, 0.25) is 0 Å². The molecule has 1 aromatic rings. The van der Waals surface area contributed by atoms with E-state index in [0.717, 1.165) is 24.5 Å². The zero-order valence-electron chi connectivity index (χ0n) is 11.3. The molecule has 0 saturated carbocycles. The standard InChI is InChI=1S/C14H21NO2S/c1-16-12-8-10(7-11-5-4-6-15-11)14(18-3)9-13(12)17-2/h8-9,11,15H,4-7H2,1-3H3. The average molecular weight is 267 g/mol.